The Kier molecular flexibility index (Phi) is 7.53. The maximum Gasteiger partial charge on any atom is 0.242 e. The first-order valence-electron chi connectivity index (χ1n) is 7.40. The first kappa shape index (κ1) is 17.4. The van der Waals surface area contributed by atoms with Crippen molar-refractivity contribution in [2.75, 3.05) is 6.54 Å². The van der Waals surface area contributed by atoms with Crippen molar-refractivity contribution in [3.05, 3.63) is 0 Å². The molecule has 2 N–H and O–H groups in total. The molecule has 0 aliphatic carbocycles. The zero-order valence-electron chi connectivity index (χ0n) is 13.1. The molecule has 3 nitrogen and oxygen atoms in total. The molecule has 0 aromatic heterocycles. The minimum atomic E-state index is -0.716. The second kappa shape index (κ2) is 7.78. The fraction of sp³-hybridized carbons (Fsp3) is 0.933. The van der Waals surface area contributed by atoms with Crippen molar-refractivity contribution < 1.29 is 4.79 Å². The Bertz CT molecular complexity index is 245. The zero-order chi connectivity index (χ0) is 14.3. The lowest BCUT2D eigenvalue weighted by Crippen LogP contribution is -2.56. The molecular formula is C15H32N2O. The highest BCUT2D eigenvalue weighted by Crippen LogP contribution is 2.19. The molecule has 0 saturated carbocycles. The minimum absolute atomic E-state index is 0.117. The predicted molar refractivity (Wildman–Crippen MR) is 78.4 cm³/mol. The Labute approximate surface area is 113 Å². The molecule has 0 bridgehead atoms. The number of nitrogens with zero attached hydrogens (tertiary/aromatic N) is 1. The molecule has 18 heavy (non-hydrogen) atoms. The average molecular weight is 256 g/mol. The summed E-state index contributed by atoms with van der Waals surface area (Å²) in [6.45, 7) is 13.3. The van der Waals surface area contributed by atoms with E-state index < -0.39 is 5.54 Å². The fourth-order valence-corrected chi connectivity index (χ4v) is 2.47. The number of rotatable bonds is 8. The second-order valence-electron chi connectivity index (χ2n) is 5.99. The number of carbonyl (C=O) groups is 1. The standard InChI is InChI=1S/C15H32N2O/c1-7-10-15(6,16)14(18)17(11-12(4)5)13(8-2)9-3/h12-13H,7-11,16H2,1-6H3. The van der Waals surface area contributed by atoms with Crippen LogP contribution in [0, 0.1) is 5.92 Å². The number of nitrogens with two attached hydrogens (primary N) is 1. The highest BCUT2D eigenvalue weighted by molar-refractivity contribution is 5.86. The lowest BCUT2D eigenvalue weighted by molar-refractivity contribution is -0.140. The summed E-state index contributed by atoms with van der Waals surface area (Å²) >= 11 is 0. The molecular weight excluding hydrogens is 224 g/mol. The van der Waals surface area contributed by atoms with Gasteiger partial charge in [-0.15, -0.1) is 0 Å². The molecule has 0 aliphatic heterocycles. The Morgan fingerprint density at radius 2 is 1.72 bits per heavy atom. The third-order valence-corrected chi connectivity index (χ3v) is 3.46. The van der Waals surface area contributed by atoms with Crippen LogP contribution in [0.1, 0.15) is 67.2 Å². The summed E-state index contributed by atoms with van der Waals surface area (Å²) in [7, 11) is 0. The molecule has 108 valence electrons. The van der Waals surface area contributed by atoms with Crippen LogP contribution in [0.15, 0.2) is 0 Å². The summed E-state index contributed by atoms with van der Waals surface area (Å²) in [4.78, 5) is 14.7. The highest BCUT2D eigenvalue weighted by Gasteiger charge is 2.34. The second-order valence-corrected chi connectivity index (χ2v) is 5.99. The molecule has 0 spiro atoms. The molecule has 0 aromatic carbocycles. The normalized spacial score (nSPS) is 14.9. The molecule has 1 atom stereocenters. The minimum Gasteiger partial charge on any atom is -0.338 e. The third-order valence-electron chi connectivity index (χ3n) is 3.46. The molecule has 0 aromatic rings. The molecule has 1 amide bonds. The lowest BCUT2D eigenvalue weighted by atomic mass is 9.93. The molecule has 0 saturated heterocycles. The summed E-state index contributed by atoms with van der Waals surface area (Å²) in [6, 6.07) is 0.319. The van der Waals surface area contributed by atoms with E-state index in [1.165, 1.54) is 0 Å². The van der Waals surface area contributed by atoms with Gasteiger partial charge in [0, 0.05) is 12.6 Å². The van der Waals surface area contributed by atoms with Crippen molar-refractivity contribution in [3.8, 4) is 0 Å². The first-order valence-corrected chi connectivity index (χ1v) is 7.40. The van der Waals surface area contributed by atoms with Gasteiger partial charge in [0.1, 0.15) is 0 Å². The van der Waals surface area contributed by atoms with Gasteiger partial charge in [-0.3, -0.25) is 4.79 Å². The number of carbonyl (C=O) groups excluding carboxylic acids is 1. The van der Waals surface area contributed by atoms with E-state index in [1.807, 2.05) is 11.8 Å². The quantitative estimate of drug-likeness (QED) is 0.725. The Morgan fingerprint density at radius 3 is 2.06 bits per heavy atom. The molecule has 0 rings (SSSR count). The van der Waals surface area contributed by atoms with Crippen LogP contribution in [0.3, 0.4) is 0 Å². The van der Waals surface area contributed by atoms with Crippen LogP contribution >= 0.6 is 0 Å². The monoisotopic (exact) mass is 256 g/mol. The van der Waals surface area contributed by atoms with E-state index in [0.717, 1.165) is 32.2 Å². The Morgan fingerprint density at radius 1 is 1.22 bits per heavy atom. The van der Waals surface area contributed by atoms with Gasteiger partial charge in [0.05, 0.1) is 5.54 Å². The van der Waals surface area contributed by atoms with E-state index in [9.17, 15) is 4.79 Å². The molecule has 0 aliphatic rings. The molecule has 1 unspecified atom stereocenters. The van der Waals surface area contributed by atoms with Gasteiger partial charge >= 0.3 is 0 Å². The van der Waals surface area contributed by atoms with Gasteiger partial charge in [0.15, 0.2) is 0 Å². The summed E-state index contributed by atoms with van der Waals surface area (Å²) in [5, 5.41) is 0. The first-order chi connectivity index (χ1) is 8.30. The van der Waals surface area contributed by atoms with E-state index in [0.29, 0.717) is 12.0 Å². The van der Waals surface area contributed by atoms with Gasteiger partial charge in [-0.1, -0.05) is 41.0 Å². The van der Waals surface area contributed by atoms with Gasteiger partial charge in [-0.05, 0) is 32.1 Å². The summed E-state index contributed by atoms with van der Waals surface area (Å²) in [5.41, 5.74) is 5.49. The van der Waals surface area contributed by atoms with Crippen LogP contribution < -0.4 is 5.73 Å². The van der Waals surface area contributed by atoms with Gasteiger partial charge in [0.2, 0.25) is 5.91 Å². The van der Waals surface area contributed by atoms with Crippen LogP contribution in [0.2, 0.25) is 0 Å². The molecule has 0 radical (unpaired) electrons. The van der Waals surface area contributed by atoms with E-state index in [-0.39, 0.29) is 5.91 Å². The van der Waals surface area contributed by atoms with Crippen molar-refractivity contribution in [1.82, 2.24) is 4.90 Å². The average Bonchev–Trinajstić information content (AvgIpc) is 2.27. The third kappa shape index (κ3) is 4.97. The van der Waals surface area contributed by atoms with Gasteiger partial charge in [-0.25, -0.2) is 0 Å². The molecule has 0 fully saturated rings. The van der Waals surface area contributed by atoms with Crippen LogP contribution in [-0.4, -0.2) is 28.9 Å². The van der Waals surface area contributed by atoms with Gasteiger partial charge in [0.25, 0.3) is 0 Å². The molecule has 0 heterocycles. The largest absolute Gasteiger partial charge is 0.338 e. The Hall–Kier alpha value is -0.570. The van der Waals surface area contributed by atoms with Crippen molar-refractivity contribution in [1.29, 1.82) is 0 Å². The maximum atomic E-state index is 12.7. The fourth-order valence-electron chi connectivity index (χ4n) is 2.47. The van der Waals surface area contributed by atoms with Gasteiger partial charge < -0.3 is 10.6 Å². The van der Waals surface area contributed by atoms with Crippen LogP contribution in [0.5, 0.6) is 0 Å². The highest BCUT2D eigenvalue weighted by atomic mass is 16.2. The number of amides is 1. The van der Waals surface area contributed by atoms with Crippen LogP contribution in [0.25, 0.3) is 0 Å². The molecule has 3 heteroatoms. The van der Waals surface area contributed by atoms with E-state index >= 15 is 0 Å². The lowest BCUT2D eigenvalue weighted by Gasteiger charge is -2.37. The van der Waals surface area contributed by atoms with Crippen molar-refractivity contribution in [2.24, 2.45) is 11.7 Å². The summed E-state index contributed by atoms with van der Waals surface area (Å²) < 4.78 is 0. The van der Waals surface area contributed by atoms with Crippen molar-refractivity contribution in [3.63, 3.8) is 0 Å². The maximum absolute atomic E-state index is 12.7. The van der Waals surface area contributed by atoms with Gasteiger partial charge in [-0.2, -0.15) is 0 Å². The van der Waals surface area contributed by atoms with E-state index in [2.05, 4.69) is 34.6 Å². The number of hydrogen-bond acceptors (Lipinski definition) is 2. The zero-order valence-corrected chi connectivity index (χ0v) is 13.1. The van der Waals surface area contributed by atoms with E-state index in [4.69, 9.17) is 5.73 Å². The summed E-state index contributed by atoms with van der Waals surface area (Å²) in [6.07, 6.45) is 3.69. The predicted octanol–water partition coefficient (Wildman–Crippen LogP) is 3.18. The summed E-state index contributed by atoms with van der Waals surface area (Å²) in [5.74, 6) is 0.596. The smallest absolute Gasteiger partial charge is 0.242 e. The Balaban J connectivity index is 5.00. The van der Waals surface area contributed by atoms with Crippen molar-refractivity contribution in [2.45, 2.75) is 78.8 Å². The van der Waals surface area contributed by atoms with Crippen LogP contribution in [-0.2, 0) is 4.79 Å². The van der Waals surface area contributed by atoms with Crippen LogP contribution in [0.4, 0.5) is 0 Å². The topological polar surface area (TPSA) is 46.3 Å². The van der Waals surface area contributed by atoms with Crippen molar-refractivity contribution >= 4 is 5.91 Å². The SMILES string of the molecule is CCCC(C)(N)C(=O)N(CC(C)C)C(CC)CC. The number of hydrogen-bond donors (Lipinski definition) is 1. The van der Waals surface area contributed by atoms with E-state index in [1.54, 1.807) is 0 Å².